The molecule has 1 aromatic rings. The van der Waals surface area contributed by atoms with Crippen LogP contribution in [0.15, 0.2) is 42.1 Å². The number of aliphatic hydroxyl groups is 1. The molecule has 0 aromatic heterocycles. The van der Waals surface area contributed by atoms with E-state index in [4.69, 9.17) is 4.55 Å². The molecule has 1 saturated heterocycles. The third-order valence-electron chi connectivity index (χ3n) is 4.37. The van der Waals surface area contributed by atoms with E-state index in [0.717, 1.165) is 11.3 Å². The Kier molecular flexibility index (Phi) is 4.28. The number of aliphatic hydroxyl groups excluding tert-OH is 1. The molecule has 0 aliphatic carbocycles. The minimum Gasteiger partial charge on any atom is -0.382 e. The van der Waals surface area contributed by atoms with Crippen LogP contribution in [-0.2, 0) is 16.1 Å². The number of carbonyl (C=O) groups excluding carboxylic acids is 1. The van der Waals surface area contributed by atoms with E-state index >= 15 is 0 Å². The minimum absolute atomic E-state index is 0.0445. The average molecular weight is 322 g/mol. The summed E-state index contributed by atoms with van der Waals surface area (Å²) in [6.45, 7) is 0.663. The molecule has 0 bridgehead atoms. The molecule has 118 valence electrons. The van der Waals surface area contributed by atoms with Crippen molar-refractivity contribution in [3.05, 3.63) is 47.7 Å². The van der Waals surface area contributed by atoms with Crippen molar-refractivity contribution >= 4 is 17.2 Å². The molecule has 2 aliphatic rings. The second-order valence-corrected chi connectivity index (χ2v) is 6.25. The van der Waals surface area contributed by atoms with Gasteiger partial charge in [0.1, 0.15) is 6.10 Å². The van der Waals surface area contributed by atoms with Gasteiger partial charge < -0.3 is 10.0 Å². The number of amides is 1. The molecule has 1 aromatic carbocycles. The van der Waals surface area contributed by atoms with E-state index in [1.165, 1.54) is 0 Å². The molecule has 3 N–H and O–H groups in total. The van der Waals surface area contributed by atoms with Gasteiger partial charge in [0, 0.05) is 18.3 Å². The van der Waals surface area contributed by atoms with Crippen molar-refractivity contribution in [2.24, 2.45) is 5.92 Å². The van der Waals surface area contributed by atoms with Gasteiger partial charge in [-0.3, -0.25) is 14.1 Å². The number of fused-ring (bicyclic) bond motifs is 1. The van der Waals surface area contributed by atoms with Crippen LogP contribution in [0.25, 0.3) is 0 Å². The first kappa shape index (κ1) is 15.2. The van der Waals surface area contributed by atoms with Gasteiger partial charge in [-0.25, -0.2) is 4.21 Å². The number of hydrogen-bond donors (Lipinski definition) is 3. The Bertz CT molecular complexity index is 619. The second-order valence-electron chi connectivity index (χ2n) is 5.55. The van der Waals surface area contributed by atoms with Crippen molar-refractivity contribution in [3.63, 3.8) is 0 Å². The highest BCUT2D eigenvalue weighted by Crippen LogP contribution is 2.40. The Morgan fingerprint density at radius 1 is 1.36 bits per heavy atom. The highest BCUT2D eigenvalue weighted by Gasteiger charge is 2.43. The summed E-state index contributed by atoms with van der Waals surface area (Å²) in [6.07, 6.45) is 2.53. The Hall–Kier alpha value is -1.70. The highest BCUT2D eigenvalue weighted by molar-refractivity contribution is 7.77. The van der Waals surface area contributed by atoms with Crippen LogP contribution < -0.4 is 4.72 Å². The van der Waals surface area contributed by atoms with Gasteiger partial charge in [0.15, 0.2) is 0 Å². The fourth-order valence-corrected chi connectivity index (χ4v) is 3.69. The molecular weight excluding hydrogens is 304 g/mol. The van der Waals surface area contributed by atoms with Crippen LogP contribution in [0.5, 0.6) is 0 Å². The van der Waals surface area contributed by atoms with Gasteiger partial charge in [0.05, 0.1) is 5.92 Å². The maximum atomic E-state index is 12.0. The van der Waals surface area contributed by atoms with Gasteiger partial charge in [-0.05, 0) is 18.4 Å². The van der Waals surface area contributed by atoms with E-state index in [2.05, 4.69) is 0 Å². The molecule has 7 heteroatoms. The lowest BCUT2D eigenvalue weighted by Crippen LogP contribution is -2.38. The summed E-state index contributed by atoms with van der Waals surface area (Å²) in [6, 6.07) is 9.34. The normalized spacial score (nSPS) is 26.3. The van der Waals surface area contributed by atoms with Gasteiger partial charge in [0.25, 0.3) is 11.3 Å². The first-order valence-electron chi connectivity index (χ1n) is 7.19. The smallest absolute Gasteiger partial charge is 0.261 e. The Morgan fingerprint density at radius 2 is 2.09 bits per heavy atom. The summed E-state index contributed by atoms with van der Waals surface area (Å²) < 4.78 is 21.6. The molecule has 1 amide bonds. The summed E-state index contributed by atoms with van der Waals surface area (Å²) in [5, 5.41) is 10.5. The van der Waals surface area contributed by atoms with Crippen molar-refractivity contribution in [2.75, 3.05) is 6.54 Å². The van der Waals surface area contributed by atoms with Crippen molar-refractivity contribution < 1.29 is 18.7 Å². The summed E-state index contributed by atoms with van der Waals surface area (Å²) >= 11 is -2.33. The Morgan fingerprint density at radius 3 is 2.77 bits per heavy atom. The number of rotatable bonds is 4. The van der Waals surface area contributed by atoms with Crippen LogP contribution in [0.2, 0.25) is 0 Å². The number of benzene rings is 1. The van der Waals surface area contributed by atoms with Gasteiger partial charge in [0.2, 0.25) is 5.91 Å². The van der Waals surface area contributed by atoms with E-state index < -0.39 is 23.3 Å². The Balaban J connectivity index is 1.72. The van der Waals surface area contributed by atoms with E-state index in [-0.39, 0.29) is 12.0 Å². The number of nitrogens with one attached hydrogen (secondary N) is 1. The van der Waals surface area contributed by atoms with Crippen molar-refractivity contribution in [1.82, 2.24) is 9.62 Å². The van der Waals surface area contributed by atoms with Gasteiger partial charge >= 0.3 is 0 Å². The van der Waals surface area contributed by atoms with Crippen LogP contribution in [0.4, 0.5) is 0 Å². The average Bonchev–Trinajstić information content (AvgIpc) is 3.08. The third kappa shape index (κ3) is 2.79. The van der Waals surface area contributed by atoms with Crippen LogP contribution in [0.1, 0.15) is 24.5 Å². The maximum Gasteiger partial charge on any atom is 0.261 e. The zero-order valence-electron chi connectivity index (χ0n) is 11.9. The maximum absolute atomic E-state index is 12.0. The highest BCUT2D eigenvalue weighted by atomic mass is 32.2. The topological polar surface area (TPSA) is 89.9 Å². The molecule has 4 atom stereocenters. The molecular formula is C15H18N2O4S. The Labute approximate surface area is 131 Å². The molecule has 2 unspecified atom stereocenters. The van der Waals surface area contributed by atoms with Crippen molar-refractivity contribution in [1.29, 1.82) is 0 Å². The van der Waals surface area contributed by atoms with E-state index in [0.29, 0.717) is 19.4 Å². The number of carbonyl (C=O) groups is 1. The van der Waals surface area contributed by atoms with Crippen LogP contribution >= 0.6 is 0 Å². The zero-order valence-corrected chi connectivity index (χ0v) is 12.7. The lowest BCUT2D eigenvalue weighted by Gasteiger charge is -2.27. The summed E-state index contributed by atoms with van der Waals surface area (Å²) in [5.74, 6) is -0.731. The molecule has 22 heavy (non-hydrogen) atoms. The molecule has 0 spiro atoms. The fraction of sp³-hybridized carbons (Fsp3) is 0.400. The monoisotopic (exact) mass is 322 g/mol. The van der Waals surface area contributed by atoms with E-state index in [9.17, 15) is 14.1 Å². The molecule has 0 saturated carbocycles. The summed E-state index contributed by atoms with van der Waals surface area (Å²) in [5.41, 5.74) is 1.63. The third-order valence-corrected chi connectivity index (χ3v) is 4.74. The molecule has 3 rings (SSSR count). The number of hydrogen-bond acceptors (Lipinski definition) is 4. The SMILES string of the molecule is O=C(NS(=O)O)C1CCN2C([C@@H](O)c3ccccc3)=CC[C@@H]12. The predicted octanol–water partition coefficient (Wildman–Crippen LogP) is 0.951. The summed E-state index contributed by atoms with van der Waals surface area (Å²) in [4.78, 5) is 14.0. The molecule has 6 nitrogen and oxygen atoms in total. The van der Waals surface area contributed by atoms with Crippen LogP contribution in [0, 0.1) is 5.92 Å². The zero-order chi connectivity index (χ0) is 15.7. The second kappa shape index (κ2) is 6.20. The lowest BCUT2D eigenvalue weighted by atomic mass is 9.98. The fourth-order valence-electron chi connectivity index (χ4n) is 3.37. The van der Waals surface area contributed by atoms with Crippen molar-refractivity contribution in [2.45, 2.75) is 25.0 Å². The van der Waals surface area contributed by atoms with Gasteiger partial charge in [-0.15, -0.1) is 0 Å². The first-order chi connectivity index (χ1) is 10.6. The quantitative estimate of drug-likeness (QED) is 0.718. The van der Waals surface area contributed by atoms with E-state index in [1.54, 1.807) is 0 Å². The molecule has 2 heterocycles. The lowest BCUT2D eigenvalue weighted by molar-refractivity contribution is -0.123. The van der Waals surface area contributed by atoms with Crippen molar-refractivity contribution in [3.8, 4) is 0 Å². The van der Waals surface area contributed by atoms with Gasteiger partial charge in [-0.2, -0.15) is 0 Å². The minimum atomic E-state index is -2.33. The molecule has 1 fully saturated rings. The van der Waals surface area contributed by atoms with Crippen LogP contribution in [-0.4, -0.2) is 37.3 Å². The summed E-state index contributed by atoms with van der Waals surface area (Å²) in [7, 11) is 0. The standard InChI is InChI=1S/C15H18N2O4S/c18-14(10-4-2-1-3-5-10)13-7-6-12-11(8-9-17(12)13)15(19)16-22(20)21/h1-5,7,11-12,14,18H,6,8-9H2,(H,16,19)(H,20,21)/t11?,12-,14-/m0/s1. The number of nitrogens with zero attached hydrogens (tertiary/aromatic N) is 1. The van der Waals surface area contributed by atoms with Gasteiger partial charge in [-0.1, -0.05) is 36.4 Å². The first-order valence-corrected chi connectivity index (χ1v) is 8.29. The van der Waals surface area contributed by atoms with Crippen LogP contribution in [0.3, 0.4) is 0 Å². The predicted molar refractivity (Wildman–Crippen MR) is 81.6 cm³/mol. The van der Waals surface area contributed by atoms with E-state index in [1.807, 2.05) is 46.0 Å². The molecule has 0 radical (unpaired) electrons. The molecule has 2 aliphatic heterocycles. The largest absolute Gasteiger partial charge is 0.382 e.